The van der Waals surface area contributed by atoms with Gasteiger partial charge in [-0.25, -0.2) is 9.67 Å². The molecule has 0 spiro atoms. The maximum atomic E-state index is 12.0. The normalized spacial score (nSPS) is 10.7. The molecule has 0 aliphatic rings. The summed E-state index contributed by atoms with van der Waals surface area (Å²) < 4.78 is 6.47. The second-order valence-electron chi connectivity index (χ2n) is 4.35. The van der Waals surface area contributed by atoms with Crippen LogP contribution in [0, 0.1) is 13.8 Å². The first kappa shape index (κ1) is 13.1. The molecule has 0 atom stereocenters. The average molecular weight is 264 g/mol. The van der Waals surface area contributed by atoms with Crippen molar-refractivity contribution < 1.29 is 9.32 Å². The molecule has 0 unspecified atom stereocenters. The van der Waals surface area contributed by atoms with Crippen molar-refractivity contribution in [2.24, 2.45) is 0 Å². The summed E-state index contributed by atoms with van der Waals surface area (Å²) in [5.41, 5.74) is 7.11. The Hall–Kier alpha value is -2.38. The highest BCUT2D eigenvalue weighted by Crippen LogP contribution is 2.14. The van der Waals surface area contributed by atoms with E-state index in [0.717, 1.165) is 17.0 Å². The molecule has 2 aromatic rings. The monoisotopic (exact) mass is 264 g/mol. The maximum absolute atomic E-state index is 12.0. The molecular weight excluding hydrogens is 248 g/mol. The lowest BCUT2D eigenvalue weighted by Crippen LogP contribution is -2.30. The Morgan fingerprint density at radius 2 is 2.26 bits per heavy atom. The van der Waals surface area contributed by atoms with Gasteiger partial charge in [0.05, 0.1) is 12.2 Å². The number of hydrogen-bond acceptors (Lipinski definition) is 6. The van der Waals surface area contributed by atoms with Gasteiger partial charge in [0.15, 0.2) is 0 Å². The molecule has 0 aliphatic carbocycles. The molecule has 8 nitrogen and oxygen atoms in total. The minimum atomic E-state index is -0.0927. The summed E-state index contributed by atoms with van der Waals surface area (Å²) in [7, 11) is 1.72. The van der Waals surface area contributed by atoms with Crippen LogP contribution in [0.15, 0.2) is 10.9 Å². The molecule has 19 heavy (non-hydrogen) atoms. The zero-order chi connectivity index (χ0) is 14.0. The molecule has 0 aliphatic heterocycles. The van der Waals surface area contributed by atoms with Crippen LogP contribution in [0.3, 0.4) is 0 Å². The summed E-state index contributed by atoms with van der Waals surface area (Å²) in [6.07, 6.45) is 1.43. The number of amides is 1. The first-order valence-corrected chi connectivity index (χ1v) is 5.78. The summed E-state index contributed by atoms with van der Waals surface area (Å²) in [5, 5.41) is 7.73. The summed E-state index contributed by atoms with van der Waals surface area (Å²) in [5.74, 6) is 0.785. The Labute approximate surface area is 110 Å². The van der Waals surface area contributed by atoms with Crippen molar-refractivity contribution >= 4 is 11.9 Å². The third-order valence-electron chi connectivity index (χ3n) is 2.85. The number of carbonyl (C=O) groups excluding carboxylic acids is 1. The molecule has 2 heterocycles. The van der Waals surface area contributed by atoms with Gasteiger partial charge in [-0.05, 0) is 13.8 Å². The van der Waals surface area contributed by atoms with Gasteiger partial charge in [0.1, 0.15) is 18.6 Å². The van der Waals surface area contributed by atoms with Crippen LogP contribution in [-0.4, -0.2) is 37.8 Å². The van der Waals surface area contributed by atoms with Gasteiger partial charge in [0, 0.05) is 12.6 Å². The van der Waals surface area contributed by atoms with Gasteiger partial charge in [-0.3, -0.25) is 4.79 Å². The van der Waals surface area contributed by atoms with Gasteiger partial charge in [-0.1, -0.05) is 5.16 Å². The number of aromatic nitrogens is 4. The SMILES string of the molecule is Cc1noc(C)c1CN(C)C(=O)Cn1cnc(N)n1. The molecule has 8 heteroatoms. The predicted octanol–water partition coefficient (Wildman–Crippen LogP) is 0.124. The highest BCUT2D eigenvalue weighted by atomic mass is 16.5. The number of nitrogen functional groups attached to an aromatic ring is 1. The largest absolute Gasteiger partial charge is 0.367 e. The third-order valence-corrected chi connectivity index (χ3v) is 2.85. The van der Waals surface area contributed by atoms with Gasteiger partial charge in [0.2, 0.25) is 11.9 Å². The highest BCUT2D eigenvalue weighted by molar-refractivity contribution is 5.75. The van der Waals surface area contributed by atoms with E-state index in [2.05, 4.69) is 15.2 Å². The van der Waals surface area contributed by atoms with E-state index in [4.69, 9.17) is 10.3 Å². The van der Waals surface area contributed by atoms with Crippen LogP contribution >= 0.6 is 0 Å². The fourth-order valence-corrected chi connectivity index (χ4v) is 1.70. The van der Waals surface area contributed by atoms with Crippen LogP contribution in [0.4, 0.5) is 5.95 Å². The number of carbonyl (C=O) groups is 1. The van der Waals surface area contributed by atoms with Crippen molar-refractivity contribution in [2.45, 2.75) is 26.9 Å². The molecule has 0 bridgehead atoms. The standard InChI is InChI=1S/C11H16N6O2/c1-7-9(8(2)19-15-7)4-16(3)10(18)5-17-6-13-11(12)14-17/h6H,4-5H2,1-3H3,(H2,12,14). The van der Waals surface area contributed by atoms with E-state index in [1.165, 1.54) is 11.0 Å². The Morgan fingerprint density at radius 3 is 2.79 bits per heavy atom. The fourth-order valence-electron chi connectivity index (χ4n) is 1.70. The van der Waals surface area contributed by atoms with E-state index in [9.17, 15) is 4.79 Å². The fraction of sp³-hybridized carbons (Fsp3) is 0.455. The number of nitrogens with two attached hydrogens (primary N) is 1. The molecule has 0 fully saturated rings. The zero-order valence-electron chi connectivity index (χ0n) is 11.1. The lowest BCUT2D eigenvalue weighted by molar-refractivity contribution is -0.131. The topological polar surface area (TPSA) is 103 Å². The van der Waals surface area contributed by atoms with E-state index in [1.54, 1.807) is 11.9 Å². The molecule has 2 rings (SSSR count). The summed E-state index contributed by atoms with van der Waals surface area (Å²) in [4.78, 5) is 17.4. The average Bonchev–Trinajstić information content (AvgIpc) is 2.89. The summed E-state index contributed by atoms with van der Waals surface area (Å²) >= 11 is 0. The molecule has 2 aromatic heterocycles. The van der Waals surface area contributed by atoms with Crippen LogP contribution in [0.2, 0.25) is 0 Å². The van der Waals surface area contributed by atoms with Gasteiger partial charge >= 0.3 is 0 Å². The Balaban J connectivity index is 2.00. The van der Waals surface area contributed by atoms with Crippen molar-refractivity contribution in [2.75, 3.05) is 12.8 Å². The zero-order valence-corrected chi connectivity index (χ0v) is 11.1. The molecule has 0 radical (unpaired) electrons. The van der Waals surface area contributed by atoms with E-state index in [-0.39, 0.29) is 18.4 Å². The van der Waals surface area contributed by atoms with Gasteiger partial charge in [-0.2, -0.15) is 0 Å². The van der Waals surface area contributed by atoms with Gasteiger partial charge < -0.3 is 15.2 Å². The number of rotatable bonds is 4. The quantitative estimate of drug-likeness (QED) is 0.841. The van der Waals surface area contributed by atoms with Crippen LogP contribution in [0.5, 0.6) is 0 Å². The first-order chi connectivity index (χ1) is 8.97. The second kappa shape index (κ2) is 5.09. The van der Waals surface area contributed by atoms with Crippen molar-refractivity contribution in [3.05, 3.63) is 23.3 Å². The number of nitrogens with zero attached hydrogens (tertiary/aromatic N) is 5. The molecular formula is C11H16N6O2. The van der Waals surface area contributed by atoms with Gasteiger partial charge in [-0.15, -0.1) is 5.10 Å². The molecule has 0 aromatic carbocycles. The Bertz CT molecular complexity index is 568. The third kappa shape index (κ3) is 2.90. The molecule has 2 N–H and O–H groups in total. The van der Waals surface area contributed by atoms with Crippen molar-refractivity contribution in [3.63, 3.8) is 0 Å². The van der Waals surface area contributed by atoms with Gasteiger partial charge in [0.25, 0.3) is 0 Å². The molecule has 0 saturated heterocycles. The van der Waals surface area contributed by atoms with Crippen LogP contribution in [-0.2, 0) is 17.9 Å². The summed E-state index contributed by atoms with van der Waals surface area (Å²) in [6, 6.07) is 0. The lowest BCUT2D eigenvalue weighted by Gasteiger charge is -2.16. The minimum absolute atomic E-state index is 0.0927. The lowest BCUT2D eigenvalue weighted by atomic mass is 10.2. The minimum Gasteiger partial charge on any atom is -0.367 e. The summed E-state index contributed by atoms with van der Waals surface area (Å²) in [6.45, 7) is 4.22. The first-order valence-electron chi connectivity index (χ1n) is 5.78. The smallest absolute Gasteiger partial charge is 0.244 e. The number of hydrogen-bond donors (Lipinski definition) is 1. The Morgan fingerprint density at radius 1 is 1.53 bits per heavy atom. The van der Waals surface area contributed by atoms with Crippen molar-refractivity contribution in [1.29, 1.82) is 0 Å². The van der Waals surface area contributed by atoms with Crippen molar-refractivity contribution in [1.82, 2.24) is 24.8 Å². The maximum Gasteiger partial charge on any atom is 0.244 e. The van der Waals surface area contributed by atoms with E-state index < -0.39 is 0 Å². The molecule has 102 valence electrons. The number of likely N-dealkylation sites (N-methyl/N-ethyl adjacent to an activating group) is 1. The van der Waals surface area contributed by atoms with Crippen LogP contribution in [0.1, 0.15) is 17.0 Å². The molecule has 0 saturated carbocycles. The van der Waals surface area contributed by atoms with E-state index in [1.807, 2.05) is 13.8 Å². The molecule has 1 amide bonds. The van der Waals surface area contributed by atoms with E-state index >= 15 is 0 Å². The van der Waals surface area contributed by atoms with Crippen LogP contribution < -0.4 is 5.73 Å². The number of aryl methyl sites for hydroxylation is 2. The second-order valence-corrected chi connectivity index (χ2v) is 4.35. The van der Waals surface area contributed by atoms with Crippen LogP contribution in [0.25, 0.3) is 0 Å². The van der Waals surface area contributed by atoms with E-state index in [0.29, 0.717) is 6.54 Å². The Kier molecular flexibility index (Phi) is 3.50. The van der Waals surface area contributed by atoms with Crippen molar-refractivity contribution in [3.8, 4) is 0 Å². The highest BCUT2D eigenvalue weighted by Gasteiger charge is 2.16. The number of anilines is 1. The predicted molar refractivity (Wildman–Crippen MR) is 66.9 cm³/mol.